The molecule has 0 aliphatic carbocycles. The van der Waals surface area contributed by atoms with Gasteiger partial charge in [-0.2, -0.15) is 0 Å². The molecule has 0 radical (unpaired) electrons. The van der Waals surface area contributed by atoms with E-state index in [1.807, 2.05) is 43.3 Å². The number of carbonyl (C=O) groups excluding carboxylic acids is 1. The summed E-state index contributed by atoms with van der Waals surface area (Å²) < 4.78 is 10.1. The standard InChI is InChI=1S/C15H18N2O3/c1-11(14-7-4-8-20-14)16-12-5-3-6-13(9-12)17-15(18)10-19-2/h3-9,11,16H,10H2,1-2H3,(H,17,18). The van der Waals surface area contributed by atoms with Crippen LogP contribution in [0.5, 0.6) is 0 Å². The second kappa shape index (κ2) is 6.77. The number of anilines is 2. The first-order chi connectivity index (χ1) is 9.69. The Bertz CT molecular complexity index is 552. The summed E-state index contributed by atoms with van der Waals surface area (Å²) in [5.41, 5.74) is 1.63. The average Bonchev–Trinajstić information content (AvgIpc) is 2.93. The summed E-state index contributed by atoms with van der Waals surface area (Å²) in [4.78, 5) is 11.5. The summed E-state index contributed by atoms with van der Waals surface area (Å²) in [5, 5.41) is 6.08. The van der Waals surface area contributed by atoms with Crippen LogP contribution in [0, 0.1) is 0 Å². The van der Waals surface area contributed by atoms with E-state index in [4.69, 9.17) is 9.15 Å². The Morgan fingerprint density at radius 2 is 2.10 bits per heavy atom. The molecule has 106 valence electrons. The highest BCUT2D eigenvalue weighted by atomic mass is 16.5. The fraction of sp³-hybridized carbons (Fsp3) is 0.267. The fourth-order valence-corrected chi connectivity index (χ4v) is 1.87. The van der Waals surface area contributed by atoms with E-state index in [0.29, 0.717) is 0 Å². The fourth-order valence-electron chi connectivity index (χ4n) is 1.87. The summed E-state index contributed by atoms with van der Waals surface area (Å²) in [6.07, 6.45) is 1.65. The van der Waals surface area contributed by atoms with Gasteiger partial charge in [0.25, 0.3) is 0 Å². The van der Waals surface area contributed by atoms with Gasteiger partial charge in [-0.05, 0) is 37.3 Å². The second-order valence-corrected chi connectivity index (χ2v) is 4.44. The van der Waals surface area contributed by atoms with Crippen molar-refractivity contribution in [1.82, 2.24) is 0 Å². The Morgan fingerprint density at radius 3 is 2.80 bits per heavy atom. The van der Waals surface area contributed by atoms with E-state index >= 15 is 0 Å². The van der Waals surface area contributed by atoms with Crippen LogP contribution in [0.1, 0.15) is 18.7 Å². The zero-order chi connectivity index (χ0) is 14.4. The van der Waals surface area contributed by atoms with Crippen molar-refractivity contribution in [3.63, 3.8) is 0 Å². The molecule has 1 unspecified atom stereocenters. The molecule has 1 amide bonds. The monoisotopic (exact) mass is 274 g/mol. The van der Waals surface area contributed by atoms with Crippen molar-refractivity contribution in [1.29, 1.82) is 0 Å². The molecule has 1 aromatic carbocycles. The van der Waals surface area contributed by atoms with Crippen molar-refractivity contribution in [2.45, 2.75) is 13.0 Å². The Kier molecular flexibility index (Phi) is 4.79. The van der Waals surface area contributed by atoms with Crippen LogP contribution in [0.25, 0.3) is 0 Å². The molecular formula is C15H18N2O3. The zero-order valence-corrected chi connectivity index (χ0v) is 11.6. The highest BCUT2D eigenvalue weighted by Crippen LogP contribution is 2.21. The highest BCUT2D eigenvalue weighted by molar-refractivity contribution is 5.92. The second-order valence-electron chi connectivity index (χ2n) is 4.44. The number of methoxy groups -OCH3 is 1. The van der Waals surface area contributed by atoms with Crippen LogP contribution in [-0.2, 0) is 9.53 Å². The van der Waals surface area contributed by atoms with E-state index in [2.05, 4.69) is 10.6 Å². The molecule has 2 N–H and O–H groups in total. The van der Waals surface area contributed by atoms with Crippen LogP contribution in [0.3, 0.4) is 0 Å². The summed E-state index contributed by atoms with van der Waals surface area (Å²) in [5.74, 6) is 0.683. The maximum absolute atomic E-state index is 11.5. The highest BCUT2D eigenvalue weighted by Gasteiger charge is 2.08. The number of ether oxygens (including phenoxy) is 1. The summed E-state index contributed by atoms with van der Waals surface area (Å²) in [6, 6.07) is 11.3. The van der Waals surface area contributed by atoms with E-state index in [-0.39, 0.29) is 18.6 Å². The van der Waals surface area contributed by atoms with Crippen molar-refractivity contribution in [3.05, 3.63) is 48.4 Å². The molecule has 2 aromatic rings. The Morgan fingerprint density at radius 1 is 1.30 bits per heavy atom. The van der Waals surface area contributed by atoms with Crippen molar-refractivity contribution in [3.8, 4) is 0 Å². The van der Waals surface area contributed by atoms with E-state index in [9.17, 15) is 4.79 Å². The molecule has 0 saturated heterocycles. The number of hydrogen-bond acceptors (Lipinski definition) is 4. The number of benzene rings is 1. The van der Waals surface area contributed by atoms with Crippen molar-refractivity contribution < 1.29 is 13.9 Å². The lowest BCUT2D eigenvalue weighted by atomic mass is 10.2. The largest absolute Gasteiger partial charge is 0.467 e. The first-order valence-corrected chi connectivity index (χ1v) is 6.38. The van der Waals surface area contributed by atoms with Gasteiger partial charge in [0.1, 0.15) is 12.4 Å². The van der Waals surface area contributed by atoms with Gasteiger partial charge in [0.15, 0.2) is 0 Å². The summed E-state index contributed by atoms with van der Waals surface area (Å²) in [6.45, 7) is 2.05. The smallest absolute Gasteiger partial charge is 0.250 e. The minimum Gasteiger partial charge on any atom is -0.467 e. The maximum atomic E-state index is 11.5. The van der Waals surface area contributed by atoms with Crippen molar-refractivity contribution >= 4 is 17.3 Å². The molecule has 0 aliphatic rings. The van der Waals surface area contributed by atoms with Crippen molar-refractivity contribution in [2.24, 2.45) is 0 Å². The third kappa shape index (κ3) is 3.86. The molecule has 0 bridgehead atoms. The number of furan rings is 1. The molecule has 5 nitrogen and oxygen atoms in total. The molecule has 1 atom stereocenters. The van der Waals surface area contributed by atoms with E-state index < -0.39 is 0 Å². The SMILES string of the molecule is COCC(=O)Nc1cccc(NC(C)c2ccco2)c1. The molecule has 5 heteroatoms. The lowest BCUT2D eigenvalue weighted by Gasteiger charge is -2.14. The predicted octanol–water partition coefficient (Wildman–Crippen LogP) is 3.04. The van der Waals surface area contributed by atoms with Gasteiger partial charge in [-0.3, -0.25) is 4.79 Å². The van der Waals surface area contributed by atoms with Crippen LogP contribution in [0.15, 0.2) is 47.1 Å². The number of rotatable bonds is 6. The van der Waals surface area contributed by atoms with Crippen LogP contribution in [0.4, 0.5) is 11.4 Å². The molecule has 0 aliphatic heterocycles. The quantitative estimate of drug-likeness (QED) is 0.850. The maximum Gasteiger partial charge on any atom is 0.250 e. The number of carbonyl (C=O) groups is 1. The molecule has 0 spiro atoms. The first kappa shape index (κ1) is 14.1. The van der Waals surface area contributed by atoms with Gasteiger partial charge in [-0.25, -0.2) is 0 Å². The first-order valence-electron chi connectivity index (χ1n) is 6.38. The molecule has 2 rings (SSSR count). The Labute approximate surface area is 117 Å². The van der Waals surface area contributed by atoms with Gasteiger partial charge < -0.3 is 19.8 Å². The number of hydrogen-bond donors (Lipinski definition) is 2. The Hall–Kier alpha value is -2.27. The minimum absolute atomic E-state index is 0.0421. The van der Waals surface area contributed by atoms with Crippen LogP contribution >= 0.6 is 0 Å². The summed E-state index contributed by atoms with van der Waals surface area (Å²) >= 11 is 0. The van der Waals surface area contributed by atoms with Gasteiger partial charge in [-0.1, -0.05) is 6.07 Å². The van der Waals surface area contributed by atoms with Gasteiger partial charge in [-0.15, -0.1) is 0 Å². The van der Waals surface area contributed by atoms with Gasteiger partial charge in [0, 0.05) is 18.5 Å². The van der Waals surface area contributed by atoms with Crippen molar-refractivity contribution in [2.75, 3.05) is 24.4 Å². The Balaban J connectivity index is 2.00. The predicted molar refractivity (Wildman–Crippen MR) is 77.7 cm³/mol. The lowest BCUT2D eigenvalue weighted by molar-refractivity contribution is -0.119. The van der Waals surface area contributed by atoms with Crippen LogP contribution in [0.2, 0.25) is 0 Å². The third-order valence-electron chi connectivity index (χ3n) is 2.77. The van der Waals surface area contributed by atoms with Gasteiger partial charge in [0.2, 0.25) is 5.91 Å². The molecular weight excluding hydrogens is 256 g/mol. The van der Waals surface area contributed by atoms with E-state index in [1.165, 1.54) is 7.11 Å². The number of nitrogens with one attached hydrogen (secondary N) is 2. The normalized spacial score (nSPS) is 11.9. The molecule has 1 heterocycles. The molecule has 1 aromatic heterocycles. The third-order valence-corrected chi connectivity index (χ3v) is 2.77. The topological polar surface area (TPSA) is 63.5 Å². The number of amides is 1. The van der Waals surface area contributed by atoms with E-state index in [0.717, 1.165) is 17.1 Å². The van der Waals surface area contributed by atoms with Gasteiger partial charge in [0.05, 0.1) is 12.3 Å². The molecule has 0 fully saturated rings. The zero-order valence-electron chi connectivity index (χ0n) is 11.6. The molecule has 20 heavy (non-hydrogen) atoms. The average molecular weight is 274 g/mol. The summed E-state index contributed by atoms with van der Waals surface area (Å²) in [7, 11) is 1.49. The minimum atomic E-state index is -0.177. The van der Waals surface area contributed by atoms with E-state index in [1.54, 1.807) is 6.26 Å². The van der Waals surface area contributed by atoms with Gasteiger partial charge >= 0.3 is 0 Å². The van der Waals surface area contributed by atoms with Crippen LogP contribution in [-0.4, -0.2) is 19.6 Å². The molecule has 0 saturated carbocycles. The lowest BCUT2D eigenvalue weighted by Crippen LogP contribution is -2.17. The van der Waals surface area contributed by atoms with Crippen LogP contribution < -0.4 is 10.6 Å².